The molecule has 2 rings (SSSR count). The van der Waals surface area contributed by atoms with Gasteiger partial charge in [0.1, 0.15) is 5.58 Å². The quantitative estimate of drug-likeness (QED) is 0.869. The molecule has 0 aliphatic carbocycles. The molecule has 4 nitrogen and oxygen atoms in total. The number of nitrogens with one attached hydrogen (secondary N) is 1. The molecule has 1 aromatic carbocycles. The van der Waals surface area contributed by atoms with E-state index in [1.54, 1.807) is 0 Å². The van der Waals surface area contributed by atoms with E-state index in [0.29, 0.717) is 12.3 Å². The molecule has 4 heteroatoms. The zero-order valence-corrected chi connectivity index (χ0v) is 10.7. The predicted molar refractivity (Wildman–Crippen MR) is 71.6 cm³/mol. The van der Waals surface area contributed by atoms with Gasteiger partial charge in [-0.2, -0.15) is 0 Å². The summed E-state index contributed by atoms with van der Waals surface area (Å²) in [5.74, 6) is 0.213. The van der Waals surface area contributed by atoms with Gasteiger partial charge in [-0.25, -0.2) is 0 Å². The lowest BCUT2D eigenvalue weighted by Crippen LogP contribution is -2.29. The zero-order valence-electron chi connectivity index (χ0n) is 10.7. The predicted octanol–water partition coefficient (Wildman–Crippen LogP) is 2.21. The number of aryl methyl sites for hydroxylation is 1. The van der Waals surface area contributed by atoms with Crippen LogP contribution in [0.25, 0.3) is 11.0 Å². The minimum Gasteiger partial charge on any atom is -0.451 e. The molecule has 0 aliphatic rings. The Hall–Kier alpha value is -1.81. The summed E-state index contributed by atoms with van der Waals surface area (Å²) in [5.41, 5.74) is 7.26. The number of hydrogen-bond donors (Lipinski definition) is 2. The van der Waals surface area contributed by atoms with Crippen molar-refractivity contribution in [1.29, 1.82) is 0 Å². The summed E-state index contributed by atoms with van der Waals surface area (Å²) in [6.07, 6.45) is 0.755. The zero-order chi connectivity index (χ0) is 13.1. The topological polar surface area (TPSA) is 68.3 Å². The molecular weight excluding hydrogens is 228 g/mol. The van der Waals surface area contributed by atoms with Gasteiger partial charge in [0, 0.05) is 23.5 Å². The van der Waals surface area contributed by atoms with Gasteiger partial charge < -0.3 is 15.5 Å². The molecule has 1 aromatic heterocycles. The highest BCUT2D eigenvalue weighted by Crippen LogP contribution is 2.24. The van der Waals surface area contributed by atoms with E-state index in [0.717, 1.165) is 23.0 Å². The van der Waals surface area contributed by atoms with Crippen LogP contribution in [-0.2, 0) is 0 Å². The van der Waals surface area contributed by atoms with E-state index in [9.17, 15) is 4.79 Å². The second-order valence-corrected chi connectivity index (χ2v) is 4.57. The number of hydrogen-bond acceptors (Lipinski definition) is 3. The molecule has 3 N–H and O–H groups in total. The van der Waals surface area contributed by atoms with Crippen molar-refractivity contribution in [2.75, 3.05) is 6.54 Å². The lowest BCUT2D eigenvalue weighted by Gasteiger charge is -2.06. The highest BCUT2D eigenvalue weighted by Gasteiger charge is 2.16. The Labute approximate surface area is 106 Å². The SMILES string of the molecule is Cc1c(C(=O)NCCC(C)N)oc2ccccc12. The second-order valence-electron chi connectivity index (χ2n) is 4.57. The third-order valence-electron chi connectivity index (χ3n) is 2.94. The molecule has 0 bridgehead atoms. The molecular formula is C14H18N2O2. The molecule has 96 valence electrons. The van der Waals surface area contributed by atoms with Gasteiger partial charge in [-0.1, -0.05) is 18.2 Å². The molecule has 0 radical (unpaired) electrons. The normalized spacial score (nSPS) is 12.6. The van der Waals surface area contributed by atoms with E-state index in [1.807, 2.05) is 38.1 Å². The average Bonchev–Trinajstić information content (AvgIpc) is 2.67. The molecule has 1 heterocycles. The third kappa shape index (κ3) is 2.54. The Kier molecular flexibility index (Phi) is 3.67. The maximum absolute atomic E-state index is 12.0. The van der Waals surface area contributed by atoms with Crippen LogP contribution in [0.1, 0.15) is 29.5 Å². The van der Waals surface area contributed by atoms with Crippen molar-refractivity contribution in [3.05, 3.63) is 35.6 Å². The summed E-state index contributed by atoms with van der Waals surface area (Å²) in [7, 11) is 0. The number of amides is 1. The Bertz CT molecular complexity index is 558. The van der Waals surface area contributed by atoms with Gasteiger partial charge >= 0.3 is 0 Å². The van der Waals surface area contributed by atoms with Crippen molar-refractivity contribution in [3.8, 4) is 0 Å². The van der Waals surface area contributed by atoms with Crippen molar-refractivity contribution in [3.63, 3.8) is 0 Å². The van der Waals surface area contributed by atoms with Gasteiger partial charge in [0.05, 0.1) is 0 Å². The Morgan fingerprint density at radius 3 is 2.83 bits per heavy atom. The van der Waals surface area contributed by atoms with Crippen LogP contribution in [0.15, 0.2) is 28.7 Å². The molecule has 1 amide bonds. The van der Waals surface area contributed by atoms with Crippen LogP contribution in [-0.4, -0.2) is 18.5 Å². The van der Waals surface area contributed by atoms with Gasteiger partial charge in [-0.15, -0.1) is 0 Å². The van der Waals surface area contributed by atoms with Crippen LogP contribution in [0, 0.1) is 6.92 Å². The number of nitrogens with two attached hydrogens (primary N) is 1. The van der Waals surface area contributed by atoms with Gasteiger partial charge in [0.15, 0.2) is 5.76 Å². The summed E-state index contributed by atoms with van der Waals surface area (Å²) in [4.78, 5) is 12.0. The maximum atomic E-state index is 12.0. The molecule has 0 spiro atoms. The van der Waals surface area contributed by atoms with E-state index in [2.05, 4.69) is 5.32 Å². The number of furan rings is 1. The molecule has 0 aliphatic heterocycles. The Morgan fingerprint density at radius 1 is 1.44 bits per heavy atom. The highest BCUT2D eigenvalue weighted by molar-refractivity contribution is 5.98. The Morgan fingerprint density at radius 2 is 2.17 bits per heavy atom. The van der Waals surface area contributed by atoms with Crippen molar-refractivity contribution in [1.82, 2.24) is 5.32 Å². The summed E-state index contributed by atoms with van der Waals surface area (Å²) in [6.45, 7) is 4.37. The van der Waals surface area contributed by atoms with Crippen LogP contribution in [0.2, 0.25) is 0 Å². The van der Waals surface area contributed by atoms with Gasteiger partial charge in [0.25, 0.3) is 5.91 Å². The van der Waals surface area contributed by atoms with Gasteiger partial charge in [-0.05, 0) is 26.3 Å². The molecule has 1 unspecified atom stereocenters. The number of carbonyl (C=O) groups excluding carboxylic acids is 1. The van der Waals surface area contributed by atoms with Crippen LogP contribution in [0.4, 0.5) is 0 Å². The third-order valence-corrected chi connectivity index (χ3v) is 2.94. The largest absolute Gasteiger partial charge is 0.451 e. The lowest BCUT2D eigenvalue weighted by molar-refractivity contribution is 0.0926. The first-order valence-corrected chi connectivity index (χ1v) is 6.11. The van der Waals surface area contributed by atoms with Crippen molar-refractivity contribution >= 4 is 16.9 Å². The summed E-state index contributed by atoms with van der Waals surface area (Å²) >= 11 is 0. The molecule has 0 saturated carbocycles. The molecule has 2 aromatic rings. The fraction of sp³-hybridized carbons (Fsp3) is 0.357. The van der Waals surface area contributed by atoms with E-state index in [-0.39, 0.29) is 11.9 Å². The van der Waals surface area contributed by atoms with Crippen molar-refractivity contribution in [2.24, 2.45) is 5.73 Å². The first kappa shape index (κ1) is 12.6. The maximum Gasteiger partial charge on any atom is 0.287 e. The van der Waals surface area contributed by atoms with Crippen LogP contribution >= 0.6 is 0 Å². The molecule has 0 fully saturated rings. The fourth-order valence-electron chi connectivity index (χ4n) is 1.88. The molecule has 0 saturated heterocycles. The summed E-state index contributed by atoms with van der Waals surface area (Å²) in [5, 5.41) is 3.80. The monoisotopic (exact) mass is 246 g/mol. The minimum atomic E-state index is -0.177. The number of carbonyl (C=O) groups is 1. The number of fused-ring (bicyclic) bond motifs is 1. The Balaban J connectivity index is 2.15. The van der Waals surface area contributed by atoms with Gasteiger partial charge in [0.2, 0.25) is 0 Å². The smallest absolute Gasteiger partial charge is 0.287 e. The van der Waals surface area contributed by atoms with E-state index in [1.165, 1.54) is 0 Å². The van der Waals surface area contributed by atoms with Gasteiger partial charge in [-0.3, -0.25) is 4.79 Å². The summed E-state index contributed by atoms with van der Waals surface area (Å²) < 4.78 is 5.57. The first-order chi connectivity index (χ1) is 8.59. The standard InChI is InChI=1S/C14H18N2O2/c1-9(15)7-8-16-14(17)13-10(2)11-5-3-4-6-12(11)18-13/h3-6,9H,7-8,15H2,1-2H3,(H,16,17). The van der Waals surface area contributed by atoms with Crippen molar-refractivity contribution < 1.29 is 9.21 Å². The first-order valence-electron chi connectivity index (χ1n) is 6.11. The lowest BCUT2D eigenvalue weighted by atomic mass is 10.1. The van der Waals surface area contributed by atoms with Crippen molar-refractivity contribution in [2.45, 2.75) is 26.3 Å². The number of para-hydroxylation sites is 1. The van der Waals surface area contributed by atoms with Crippen LogP contribution in [0.3, 0.4) is 0 Å². The second kappa shape index (κ2) is 5.23. The fourth-order valence-corrected chi connectivity index (χ4v) is 1.88. The highest BCUT2D eigenvalue weighted by atomic mass is 16.3. The molecule has 18 heavy (non-hydrogen) atoms. The van der Waals surface area contributed by atoms with Crippen LogP contribution in [0.5, 0.6) is 0 Å². The van der Waals surface area contributed by atoms with E-state index < -0.39 is 0 Å². The summed E-state index contributed by atoms with van der Waals surface area (Å²) in [6, 6.07) is 7.72. The molecule has 1 atom stereocenters. The number of benzene rings is 1. The van der Waals surface area contributed by atoms with Crippen LogP contribution < -0.4 is 11.1 Å². The minimum absolute atomic E-state index is 0.0853. The van der Waals surface area contributed by atoms with E-state index in [4.69, 9.17) is 10.2 Å². The number of rotatable bonds is 4. The average molecular weight is 246 g/mol. The van der Waals surface area contributed by atoms with E-state index >= 15 is 0 Å².